The third kappa shape index (κ3) is 3.11. The number of esters is 1. The molecule has 0 unspecified atom stereocenters. The van der Waals surface area contributed by atoms with Crippen molar-refractivity contribution < 1.29 is 14.3 Å². The van der Waals surface area contributed by atoms with Crippen molar-refractivity contribution in [3.05, 3.63) is 52.3 Å². The molecule has 1 aliphatic carbocycles. The fourth-order valence-electron chi connectivity index (χ4n) is 1.54. The fourth-order valence-corrected chi connectivity index (χ4v) is 2.29. The summed E-state index contributed by atoms with van der Waals surface area (Å²) in [5.74, 6) is 0.227. The molecule has 1 aromatic heterocycles. The largest absolute Gasteiger partial charge is 0.487 e. The normalized spacial score (nSPS) is 13.9. The Bertz CT molecular complexity index is 509. The minimum Gasteiger partial charge on any atom is -0.487 e. The molecule has 0 aliphatic heterocycles. The van der Waals surface area contributed by atoms with Crippen LogP contribution in [-0.4, -0.2) is 19.7 Å². The summed E-state index contributed by atoms with van der Waals surface area (Å²) in [5, 5.41) is 1.82. The van der Waals surface area contributed by atoms with E-state index in [2.05, 4.69) is 12.2 Å². The van der Waals surface area contributed by atoms with Crippen LogP contribution in [0, 0.1) is 0 Å². The summed E-state index contributed by atoms with van der Waals surface area (Å²) < 4.78 is 10.4. The monoisotopic (exact) mass is 262 g/mol. The Morgan fingerprint density at radius 2 is 2.33 bits per heavy atom. The van der Waals surface area contributed by atoms with Crippen molar-refractivity contribution >= 4 is 17.3 Å². The second-order valence-corrected chi connectivity index (χ2v) is 4.61. The van der Waals surface area contributed by atoms with Crippen LogP contribution >= 0.6 is 11.3 Å². The molecule has 18 heavy (non-hydrogen) atoms. The van der Waals surface area contributed by atoms with Crippen molar-refractivity contribution in [3.63, 3.8) is 0 Å². The van der Waals surface area contributed by atoms with E-state index >= 15 is 0 Å². The number of carbonyl (C=O) groups excluding carboxylic acids is 1. The van der Waals surface area contributed by atoms with Gasteiger partial charge in [0.2, 0.25) is 0 Å². The fraction of sp³-hybridized carbons (Fsp3) is 0.214. The molecule has 0 radical (unpaired) electrons. The van der Waals surface area contributed by atoms with Crippen LogP contribution in [-0.2, 0) is 4.74 Å². The topological polar surface area (TPSA) is 35.5 Å². The predicted molar refractivity (Wildman–Crippen MR) is 72.1 cm³/mol. The minimum atomic E-state index is -0.355. The first-order valence-electron chi connectivity index (χ1n) is 5.62. The van der Waals surface area contributed by atoms with E-state index in [0.29, 0.717) is 17.2 Å². The van der Waals surface area contributed by atoms with Gasteiger partial charge < -0.3 is 9.47 Å². The Morgan fingerprint density at radius 3 is 3.17 bits per heavy atom. The van der Waals surface area contributed by atoms with E-state index < -0.39 is 0 Å². The maximum Gasteiger partial charge on any atom is 0.351 e. The highest BCUT2D eigenvalue weighted by atomic mass is 32.1. The SMILES string of the molecule is COC(=O)c1sccc1OCC1=CCC=CC=C1. The van der Waals surface area contributed by atoms with Gasteiger partial charge in [0.05, 0.1) is 7.11 Å². The zero-order chi connectivity index (χ0) is 12.8. The average molecular weight is 262 g/mol. The molecule has 0 saturated carbocycles. The number of hydrogen-bond donors (Lipinski definition) is 0. The standard InChI is InChI=1S/C14H14O3S/c1-16-14(15)13-12(8-9-18-13)17-10-11-6-4-2-3-5-7-11/h2-4,6-9H,5,10H2,1H3. The van der Waals surface area contributed by atoms with Crippen LogP contribution in [0.2, 0.25) is 0 Å². The number of rotatable bonds is 4. The molecule has 0 aromatic carbocycles. The molecule has 0 spiro atoms. The summed E-state index contributed by atoms with van der Waals surface area (Å²) in [6.45, 7) is 0.457. The highest BCUT2D eigenvalue weighted by Gasteiger charge is 2.14. The Balaban J connectivity index is 2.00. The quantitative estimate of drug-likeness (QED) is 0.780. The molecule has 1 aliphatic rings. The van der Waals surface area contributed by atoms with Gasteiger partial charge in [0, 0.05) is 0 Å². The lowest BCUT2D eigenvalue weighted by atomic mass is 10.2. The first kappa shape index (κ1) is 12.6. The van der Waals surface area contributed by atoms with Crippen LogP contribution in [0.1, 0.15) is 16.1 Å². The van der Waals surface area contributed by atoms with Crippen LogP contribution < -0.4 is 4.74 Å². The Kier molecular flexibility index (Phi) is 4.36. The molecule has 0 fully saturated rings. The molecule has 4 heteroatoms. The van der Waals surface area contributed by atoms with Gasteiger partial charge in [0.1, 0.15) is 12.4 Å². The van der Waals surface area contributed by atoms with Crippen molar-refractivity contribution in [2.75, 3.05) is 13.7 Å². The zero-order valence-corrected chi connectivity index (χ0v) is 10.9. The summed E-state index contributed by atoms with van der Waals surface area (Å²) in [6.07, 6.45) is 11.1. The number of carbonyl (C=O) groups is 1. The molecular formula is C14H14O3S. The second kappa shape index (κ2) is 6.21. The van der Waals surface area contributed by atoms with Crippen molar-refractivity contribution in [3.8, 4) is 5.75 Å². The summed E-state index contributed by atoms with van der Waals surface area (Å²) in [7, 11) is 1.37. The molecule has 0 amide bonds. The van der Waals surface area contributed by atoms with Crippen LogP contribution in [0.25, 0.3) is 0 Å². The van der Waals surface area contributed by atoms with Crippen LogP contribution in [0.5, 0.6) is 5.75 Å². The zero-order valence-electron chi connectivity index (χ0n) is 10.1. The van der Waals surface area contributed by atoms with Gasteiger partial charge >= 0.3 is 5.97 Å². The molecule has 1 aromatic rings. The van der Waals surface area contributed by atoms with E-state index in [1.165, 1.54) is 18.4 Å². The van der Waals surface area contributed by atoms with Gasteiger partial charge in [-0.15, -0.1) is 11.3 Å². The molecule has 1 heterocycles. The van der Waals surface area contributed by atoms with E-state index in [1.54, 1.807) is 6.07 Å². The molecule has 0 bridgehead atoms. The van der Waals surface area contributed by atoms with Crippen molar-refractivity contribution in [1.82, 2.24) is 0 Å². The van der Waals surface area contributed by atoms with Gasteiger partial charge in [-0.2, -0.15) is 0 Å². The van der Waals surface area contributed by atoms with Crippen molar-refractivity contribution in [2.24, 2.45) is 0 Å². The first-order chi connectivity index (χ1) is 8.81. The Hall–Kier alpha value is -1.81. The molecule has 3 nitrogen and oxygen atoms in total. The van der Waals surface area contributed by atoms with E-state index in [-0.39, 0.29) is 5.97 Å². The predicted octanol–water partition coefficient (Wildman–Crippen LogP) is 3.36. The summed E-state index contributed by atoms with van der Waals surface area (Å²) in [5.41, 5.74) is 1.10. The van der Waals surface area contributed by atoms with Gasteiger partial charge in [-0.1, -0.05) is 30.4 Å². The van der Waals surface area contributed by atoms with E-state index in [1.807, 2.05) is 23.6 Å². The molecule has 0 saturated heterocycles. The van der Waals surface area contributed by atoms with E-state index in [4.69, 9.17) is 9.47 Å². The summed E-state index contributed by atoms with van der Waals surface area (Å²) >= 11 is 1.32. The number of hydrogen-bond acceptors (Lipinski definition) is 4. The lowest BCUT2D eigenvalue weighted by Crippen LogP contribution is -2.04. The van der Waals surface area contributed by atoms with Gasteiger partial charge in [-0.05, 0) is 23.4 Å². The third-order valence-electron chi connectivity index (χ3n) is 2.47. The van der Waals surface area contributed by atoms with Gasteiger partial charge in [0.15, 0.2) is 4.88 Å². The minimum absolute atomic E-state index is 0.355. The maximum absolute atomic E-state index is 11.5. The smallest absolute Gasteiger partial charge is 0.351 e. The molecule has 94 valence electrons. The van der Waals surface area contributed by atoms with Crippen LogP contribution in [0.4, 0.5) is 0 Å². The molecular weight excluding hydrogens is 248 g/mol. The summed E-state index contributed by atoms with van der Waals surface area (Å²) in [4.78, 5) is 12.0. The van der Waals surface area contributed by atoms with Gasteiger partial charge in [-0.3, -0.25) is 0 Å². The lowest BCUT2D eigenvalue weighted by molar-refractivity contribution is 0.0602. The van der Waals surface area contributed by atoms with Gasteiger partial charge in [0.25, 0.3) is 0 Å². The highest BCUT2D eigenvalue weighted by Crippen LogP contribution is 2.26. The molecule has 0 N–H and O–H groups in total. The average Bonchev–Trinajstić information content (AvgIpc) is 2.71. The number of thiophene rings is 1. The molecule has 0 atom stereocenters. The Labute approximate surface area is 110 Å². The highest BCUT2D eigenvalue weighted by molar-refractivity contribution is 7.12. The number of allylic oxidation sites excluding steroid dienone is 4. The first-order valence-corrected chi connectivity index (χ1v) is 6.50. The van der Waals surface area contributed by atoms with E-state index in [9.17, 15) is 4.79 Å². The van der Waals surface area contributed by atoms with E-state index in [0.717, 1.165) is 12.0 Å². The van der Waals surface area contributed by atoms with Crippen LogP contribution in [0.3, 0.4) is 0 Å². The van der Waals surface area contributed by atoms with Crippen LogP contribution in [0.15, 0.2) is 47.4 Å². The Morgan fingerprint density at radius 1 is 1.44 bits per heavy atom. The van der Waals surface area contributed by atoms with Crippen molar-refractivity contribution in [2.45, 2.75) is 6.42 Å². The number of methoxy groups -OCH3 is 1. The third-order valence-corrected chi connectivity index (χ3v) is 3.34. The second-order valence-electron chi connectivity index (χ2n) is 3.70. The van der Waals surface area contributed by atoms with Gasteiger partial charge in [-0.25, -0.2) is 4.79 Å². The van der Waals surface area contributed by atoms with Crippen molar-refractivity contribution in [1.29, 1.82) is 0 Å². The summed E-state index contributed by atoms with van der Waals surface area (Å²) in [6, 6.07) is 1.79. The number of ether oxygens (including phenoxy) is 2. The molecule has 2 rings (SSSR count). The lowest BCUT2D eigenvalue weighted by Gasteiger charge is -2.06. The maximum atomic E-state index is 11.5.